The fraction of sp³-hybridized carbons (Fsp3) is 0.583. The van der Waals surface area contributed by atoms with Crippen LogP contribution in [0, 0.1) is 0 Å². The van der Waals surface area contributed by atoms with Gasteiger partial charge in [0, 0.05) is 13.0 Å². The van der Waals surface area contributed by atoms with Crippen LogP contribution in [-0.2, 0) is 23.8 Å². The highest BCUT2D eigenvalue weighted by Crippen LogP contribution is 2.07. The molecule has 0 bridgehead atoms. The first-order valence-corrected chi connectivity index (χ1v) is 5.70. The van der Waals surface area contributed by atoms with Gasteiger partial charge < -0.3 is 19.5 Å². The topological polar surface area (TPSA) is 90.9 Å². The van der Waals surface area contributed by atoms with Crippen LogP contribution in [0.15, 0.2) is 12.7 Å². The van der Waals surface area contributed by atoms with E-state index in [4.69, 9.17) is 14.2 Å². The molecule has 1 unspecified atom stereocenters. The third-order valence-electron chi connectivity index (χ3n) is 1.97. The highest BCUT2D eigenvalue weighted by atomic mass is 16.6. The van der Waals surface area contributed by atoms with E-state index in [0.717, 1.165) is 6.08 Å². The summed E-state index contributed by atoms with van der Waals surface area (Å²) in [5.41, 5.74) is -1.07. The Balaban J connectivity index is 4.59. The second-order valence-electron chi connectivity index (χ2n) is 4.00. The zero-order chi connectivity index (χ0) is 14.9. The molecule has 1 N–H and O–H groups in total. The molecule has 0 radical (unpaired) electrons. The minimum Gasteiger partial charge on any atom is -0.463 e. The molecular formula is C12H19NO6. The van der Waals surface area contributed by atoms with Crippen molar-refractivity contribution in [3.8, 4) is 0 Å². The predicted molar refractivity (Wildman–Crippen MR) is 66.4 cm³/mol. The summed E-state index contributed by atoms with van der Waals surface area (Å²) in [7, 11) is 0. The Morgan fingerprint density at radius 2 is 1.79 bits per heavy atom. The molecule has 0 fully saturated rings. The molecular weight excluding hydrogens is 254 g/mol. The van der Waals surface area contributed by atoms with Gasteiger partial charge in [-0.05, 0) is 13.8 Å². The molecule has 0 saturated heterocycles. The van der Waals surface area contributed by atoms with Crippen molar-refractivity contribution in [3.63, 3.8) is 0 Å². The van der Waals surface area contributed by atoms with E-state index in [9.17, 15) is 14.4 Å². The number of ether oxygens (including phenoxy) is 3. The molecule has 0 rings (SSSR count). The first-order valence-electron chi connectivity index (χ1n) is 5.70. The number of hydrogen-bond donors (Lipinski definition) is 1. The van der Waals surface area contributed by atoms with Crippen molar-refractivity contribution in [2.45, 2.75) is 26.3 Å². The molecule has 0 spiro atoms. The van der Waals surface area contributed by atoms with Crippen molar-refractivity contribution < 1.29 is 28.6 Å². The van der Waals surface area contributed by atoms with Crippen LogP contribution in [0.4, 0.5) is 4.79 Å². The maximum Gasteiger partial charge on any atom is 0.407 e. The van der Waals surface area contributed by atoms with Crippen LogP contribution >= 0.6 is 0 Å². The fourth-order valence-corrected chi connectivity index (χ4v) is 1.08. The number of carbonyl (C=O) groups excluding carboxylic acids is 3. The number of alkyl carbamates (subject to hydrolysis) is 1. The van der Waals surface area contributed by atoms with Gasteiger partial charge in [-0.15, -0.1) is 0 Å². The SMILES string of the molecule is C=CC(=O)OCC(C)(COC(C)=O)NC(=O)OCC. The van der Waals surface area contributed by atoms with E-state index >= 15 is 0 Å². The summed E-state index contributed by atoms with van der Waals surface area (Å²) in [5.74, 6) is -1.15. The smallest absolute Gasteiger partial charge is 0.407 e. The van der Waals surface area contributed by atoms with Crippen LogP contribution in [0.3, 0.4) is 0 Å². The lowest BCUT2D eigenvalue weighted by molar-refractivity contribution is -0.146. The molecule has 0 aliphatic heterocycles. The number of carbonyl (C=O) groups is 3. The first kappa shape index (κ1) is 16.9. The molecule has 1 amide bonds. The molecule has 0 aromatic heterocycles. The molecule has 7 heteroatoms. The molecule has 0 heterocycles. The van der Waals surface area contributed by atoms with Crippen LogP contribution in [0.1, 0.15) is 20.8 Å². The number of amides is 1. The Morgan fingerprint density at radius 1 is 1.21 bits per heavy atom. The van der Waals surface area contributed by atoms with Crippen molar-refractivity contribution in [2.75, 3.05) is 19.8 Å². The number of hydrogen-bond acceptors (Lipinski definition) is 6. The molecule has 0 saturated carbocycles. The van der Waals surface area contributed by atoms with Crippen molar-refractivity contribution in [1.82, 2.24) is 5.32 Å². The van der Waals surface area contributed by atoms with Gasteiger partial charge in [-0.25, -0.2) is 9.59 Å². The summed E-state index contributed by atoms with van der Waals surface area (Å²) in [5, 5.41) is 2.48. The summed E-state index contributed by atoms with van der Waals surface area (Å²) in [6, 6.07) is 0. The zero-order valence-electron chi connectivity index (χ0n) is 11.4. The molecule has 0 aromatic rings. The molecule has 19 heavy (non-hydrogen) atoms. The van der Waals surface area contributed by atoms with E-state index in [2.05, 4.69) is 11.9 Å². The summed E-state index contributed by atoms with van der Waals surface area (Å²) in [4.78, 5) is 33.2. The Labute approximate surface area is 111 Å². The fourth-order valence-electron chi connectivity index (χ4n) is 1.08. The third-order valence-corrected chi connectivity index (χ3v) is 1.97. The molecule has 1 atom stereocenters. The van der Waals surface area contributed by atoms with Gasteiger partial charge in [-0.3, -0.25) is 4.79 Å². The van der Waals surface area contributed by atoms with Gasteiger partial charge in [0.05, 0.1) is 6.61 Å². The van der Waals surface area contributed by atoms with Gasteiger partial charge >= 0.3 is 18.0 Å². The van der Waals surface area contributed by atoms with E-state index in [0.29, 0.717) is 0 Å². The number of rotatable bonds is 7. The average molecular weight is 273 g/mol. The normalized spacial score (nSPS) is 12.8. The first-order chi connectivity index (χ1) is 8.83. The minimum absolute atomic E-state index is 0.147. The lowest BCUT2D eigenvalue weighted by Crippen LogP contribution is -2.53. The number of esters is 2. The summed E-state index contributed by atoms with van der Waals surface area (Å²) < 4.78 is 14.4. The van der Waals surface area contributed by atoms with Crippen molar-refractivity contribution in [1.29, 1.82) is 0 Å². The molecule has 0 aliphatic rings. The molecule has 108 valence electrons. The standard InChI is InChI=1S/C12H19NO6/c1-5-10(15)19-8-12(4,7-18-9(3)14)13-11(16)17-6-2/h5H,1,6-8H2,2-4H3,(H,13,16). The average Bonchev–Trinajstić information content (AvgIpc) is 2.34. The Kier molecular flexibility index (Phi) is 7.25. The van der Waals surface area contributed by atoms with Crippen molar-refractivity contribution in [2.24, 2.45) is 0 Å². The van der Waals surface area contributed by atoms with Gasteiger partial charge in [0.25, 0.3) is 0 Å². The summed E-state index contributed by atoms with van der Waals surface area (Å²) in [6.07, 6.45) is 0.308. The summed E-state index contributed by atoms with van der Waals surface area (Å²) >= 11 is 0. The highest BCUT2D eigenvalue weighted by Gasteiger charge is 2.30. The maximum atomic E-state index is 11.4. The van der Waals surface area contributed by atoms with E-state index in [-0.39, 0.29) is 19.8 Å². The molecule has 0 aromatic carbocycles. The van der Waals surface area contributed by atoms with Gasteiger partial charge in [0.1, 0.15) is 18.8 Å². The van der Waals surface area contributed by atoms with Gasteiger partial charge in [-0.1, -0.05) is 6.58 Å². The van der Waals surface area contributed by atoms with E-state index in [1.807, 2.05) is 0 Å². The van der Waals surface area contributed by atoms with E-state index in [1.165, 1.54) is 6.92 Å². The van der Waals surface area contributed by atoms with Crippen LogP contribution in [0.25, 0.3) is 0 Å². The zero-order valence-corrected chi connectivity index (χ0v) is 11.4. The minimum atomic E-state index is -1.07. The quantitative estimate of drug-likeness (QED) is 0.419. The lowest BCUT2D eigenvalue weighted by Gasteiger charge is -2.28. The van der Waals surface area contributed by atoms with Gasteiger partial charge in [0.15, 0.2) is 0 Å². The Hall–Kier alpha value is -2.05. The Morgan fingerprint density at radius 3 is 2.26 bits per heavy atom. The molecule has 7 nitrogen and oxygen atoms in total. The van der Waals surface area contributed by atoms with Crippen molar-refractivity contribution >= 4 is 18.0 Å². The van der Waals surface area contributed by atoms with E-state index < -0.39 is 23.6 Å². The second kappa shape index (κ2) is 8.12. The number of nitrogens with one attached hydrogen (secondary N) is 1. The summed E-state index contributed by atoms with van der Waals surface area (Å²) in [6.45, 7) is 7.58. The van der Waals surface area contributed by atoms with Gasteiger partial charge in [-0.2, -0.15) is 0 Å². The second-order valence-corrected chi connectivity index (χ2v) is 4.00. The lowest BCUT2D eigenvalue weighted by atomic mass is 10.1. The third kappa shape index (κ3) is 7.80. The predicted octanol–water partition coefficient (Wildman–Crippen LogP) is 0.784. The Bertz CT molecular complexity index is 354. The monoisotopic (exact) mass is 273 g/mol. The van der Waals surface area contributed by atoms with Crippen molar-refractivity contribution in [3.05, 3.63) is 12.7 Å². The van der Waals surface area contributed by atoms with Crippen LogP contribution in [-0.4, -0.2) is 43.4 Å². The molecule has 0 aliphatic carbocycles. The van der Waals surface area contributed by atoms with E-state index in [1.54, 1.807) is 13.8 Å². The maximum absolute atomic E-state index is 11.4. The largest absolute Gasteiger partial charge is 0.463 e. The van der Waals surface area contributed by atoms with Crippen LogP contribution in [0.2, 0.25) is 0 Å². The van der Waals surface area contributed by atoms with Crippen LogP contribution < -0.4 is 5.32 Å². The highest BCUT2D eigenvalue weighted by molar-refractivity contribution is 5.81. The van der Waals surface area contributed by atoms with Crippen LogP contribution in [0.5, 0.6) is 0 Å². The van der Waals surface area contributed by atoms with Gasteiger partial charge in [0.2, 0.25) is 0 Å².